The van der Waals surface area contributed by atoms with Gasteiger partial charge in [-0.1, -0.05) is 12.1 Å². The minimum absolute atomic E-state index is 0.0154. The van der Waals surface area contributed by atoms with E-state index in [0.29, 0.717) is 10.4 Å². The number of methoxy groups -OCH3 is 1. The Morgan fingerprint density at radius 2 is 1.96 bits per heavy atom. The first kappa shape index (κ1) is 20.8. The van der Waals surface area contributed by atoms with Crippen molar-refractivity contribution in [1.29, 1.82) is 0 Å². The lowest BCUT2D eigenvalue weighted by Gasteiger charge is -2.14. The fraction of sp³-hybridized carbons (Fsp3) is 0.222. The van der Waals surface area contributed by atoms with Crippen LogP contribution in [0, 0.1) is 0 Å². The normalized spacial score (nSPS) is 11.7. The molecule has 1 aromatic heterocycles. The lowest BCUT2D eigenvalue weighted by atomic mass is 10.2. The molecule has 0 aliphatic rings. The Kier molecular flexibility index (Phi) is 6.89. The van der Waals surface area contributed by atoms with E-state index in [2.05, 4.69) is 0 Å². The van der Waals surface area contributed by atoms with Crippen molar-refractivity contribution in [2.24, 2.45) is 0 Å². The van der Waals surface area contributed by atoms with Gasteiger partial charge in [0.2, 0.25) is 15.8 Å². The SMILES string of the molecule is COc1ccc(/C=C/C(=O)OCC(=O)c2cccs2)cc1S(=O)(=O)N(C)C. The van der Waals surface area contributed by atoms with E-state index in [1.165, 1.54) is 50.8 Å². The van der Waals surface area contributed by atoms with Crippen LogP contribution >= 0.6 is 11.3 Å². The van der Waals surface area contributed by atoms with Crippen molar-refractivity contribution in [1.82, 2.24) is 4.31 Å². The van der Waals surface area contributed by atoms with Crippen LogP contribution in [0.3, 0.4) is 0 Å². The first-order valence-corrected chi connectivity index (χ1v) is 10.1. The molecule has 0 bridgehead atoms. The summed E-state index contributed by atoms with van der Waals surface area (Å²) in [6, 6.07) is 7.90. The molecule has 2 rings (SSSR count). The fourth-order valence-corrected chi connectivity index (χ4v) is 3.79. The zero-order valence-electron chi connectivity index (χ0n) is 15.0. The standard InChI is InChI=1S/C18H19NO6S2/c1-19(2)27(22,23)17-11-13(6-8-15(17)24-3)7-9-18(21)25-12-14(20)16-5-4-10-26-16/h4-11H,12H2,1-3H3/b9-7+. The average Bonchev–Trinajstić information content (AvgIpc) is 3.18. The molecule has 0 radical (unpaired) electrons. The lowest BCUT2D eigenvalue weighted by molar-refractivity contribution is -0.136. The van der Waals surface area contributed by atoms with Gasteiger partial charge >= 0.3 is 5.97 Å². The van der Waals surface area contributed by atoms with E-state index >= 15 is 0 Å². The number of carbonyl (C=O) groups excluding carboxylic acids is 2. The van der Waals surface area contributed by atoms with Gasteiger partial charge in [-0.2, -0.15) is 0 Å². The summed E-state index contributed by atoms with van der Waals surface area (Å²) in [5, 5.41) is 1.76. The van der Waals surface area contributed by atoms with Gasteiger partial charge < -0.3 is 9.47 Å². The summed E-state index contributed by atoms with van der Waals surface area (Å²) in [6.07, 6.45) is 2.54. The lowest BCUT2D eigenvalue weighted by Crippen LogP contribution is -2.22. The van der Waals surface area contributed by atoms with Gasteiger partial charge in [0.25, 0.3) is 0 Å². The molecule has 0 spiro atoms. The highest BCUT2D eigenvalue weighted by Gasteiger charge is 2.22. The van der Waals surface area contributed by atoms with Crippen LogP contribution in [0.5, 0.6) is 5.75 Å². The predicted octanol–water partition coefficient (Wildman–Crippen LogP) is 2.45. The molecule has 0 aliphatic heterocycles. The van der Waals surface area contributed by atoms with Gasteiger partial charge in [0.1, 0.15) is 10.6 Å². The summed E-state index contributed by atoms with van der Waals surface area (Å²) in [5.41, 5.74) is 0.470. The van der Waals surface area contributed by atoms with Crippen molar-refractivity contribution in [2.75, 3.05) is 27.8 Å². The van der Waals surface area contributed by atoms with Gasteiger partial charge in [-0.05, 0) is 35.2 Å². The summed E-state index contributed by atoms with van der Waals surface area (Å²) in [4.78, 5) is 24.1. The molecule has 0 atom stereocenters. The van der Waals surface area contributed by atoms with E-state index in [0.717, 1.165) is 10.4 Å². The van der Waals surface area contributed by atoms with Gasteiger partial charge in [0, 0.05) is 20.2 Å². The minimum Gasteiger partial charge on any atom is -0.495 e. The molecule has 0 saturated heterocycles. The summed E-state index contributed by atoms with van der Waals surface area (Å²) in [7, 11) is 0.496. The molecule has 2 aromatic rings. The number of hydrogen-bond acceptors (Lipinski definition) is 7. The van der Waals surface area contributed by atoms with Gasteiger partial charge in [-0.15, -0.1) is 11.3 Å². The van der Waals surface area contributed by atoms with Crippen molar-refractivity contribution in [3.05, 3.63) is 52.2 Å². The molecule has 0 saturated carbocycles. The summed E-state index contributed by atoms with van der Waals surface area (Å²) in [6.45, 7) is -0.355. The van der Waals surface area contributed by atoms with Crippen molar-refractivity contribution < 1.29 is 27.5 Å². The zero-order chi connectivity index (χ0) is 20.0. The van der Waals surface area contributed by atoms with Crippen LogP contribution in [-0.2, 0) is 19.6 Å². The highest BCUT2D eigenvalue weighted by Crippen LogP contribution is 2.27. The number of ether oxygens (including phenoxy) is 2. The largest absolute Gasteiger partial charge is 0.495 e. The maximum Gasteiger partial charge on any atom is 0.331 e. The molecule has 9 heteroatoms. The Hall–Kier alpha value is -2.49. The molecule has 0 fully saturated rings. The van der Waals surface area contributed by atoms with Gasteiger partial charge in [0.15, 0.2) is 6.61 Å². The van der Waals surface area contributed by atoms with Gasteiger partial charge in [-0.3, -0.25) is 4.79 Å². The van der Waals surface area contributed by atoms with E-state index in [9.17, 15) is 18.0 Å². The van der Waals surface area contributed by atoms with Crippen LogP contribution in [0.15, 0.2) is 46.7 Å². The van der Waals surface area contributed by atoms with E-state index in [1.807, 2.05) is 0 Å². The number of thiophene rings is 1. The third kappa shape index (κ3) is 5.25. The Bertz CT molecular complexity index is 946. The average molecular weight is 409 g/mol. The minimum atomic E-state index is -3.71. The third-order valence-electron chi connectivity index (χ3n) is 3.50. The molecule has 1 heterocycles. The Morgan fingerprint density at radius 3 is 2.56 bits per heavy atom. The summed E-state index contributed by atoms with van der Waals surface area (Å²) >= 11 is 1.27. The highest BCUT2D eigenvalue weighted by molar-refractivity contribution is 7.89. The molecular weight excluding hydrogens is 390 g/mol. The van der Waals surface area contributed by atoms with E-state index in [-0.39, 0.29) is 23.0 Å². The highest BCUT2D eigenvalue weighted by atomic mass is 32.2. The van der Waals surface area contributed by atoms with Crippen molar-refractivity contribution in [2.45, 2.75) is 4.90 Å². The molecule has 27 heavy (non-hydrogen) atoms. The molecule has 0 N–H and O–H groups in total. The number of Topliss-reactive ketones (excluding diaryl/α,β-unsaturated/α-hetero) is 1. The van der Waals surface area contributed by atoms with Crippen molar-refractivity contribution >= 4 is 39.2 Å². The Morgan fingerprint density at radius 1 is 1.22 bits per heavy atom. The molecule has 0 unspecified atom stereocenters. The topological polar surface area (TPSA) is 90.0 Å². The number of nitrogens with zero attached hydrogens (tertiary/aromatic N) is 1. The van der Waals surface area contributed by atoms with Crippen molar-refractivity contribution in [3.8, 4) is 5.75 Å². The maximum atomic E-state index is 12.4. The summed E-state index contributed by atoms with van der Waals surface area (Å²) < 4.78 is 35.9. The second-order valence-corrected chi connectivity index (χ2v) is 8.61. The van der Waals surface area contributed by atoms with Crippen LogP contribution in [0.4, 0.5) is 0 Å². The third-order valence-corrected chi connectivity index (χ3v) is 6.25. The number of carbonyl (C=O) groups is 2. The number of rotatable bonds is 8. The number of ketones is 1. The molecule has 144 valence electrons. The monoisotopic (exact) mass is 409 g/mol. The molecule has 0 amide bonds. The second-order valence-electron chi connectivity index (χ2n) is 5.54. The van der Waals surface area contributed by atoms with E-state index in [1.54, 1.807) is 23.6 Å². The summed E-state index contributed by atoms with van der Waals surface area (Å²) in [5.74, 6) is -0.784. The zero-order valence-corrected chi connectivity index (χ0v) is 16.7. The molecule has 0 aliphatic carbocycles. The van der Waals surface area contributed by atoms with Crippen LogP contribution in [-0.4, -0.2) is 52.3 Å². The Labute approximate surface area is 161 Å². The van der Waals surface area contributed by atoms with E-state index < -0.39 is 16.0 Å². The van der Waals surface area contributed by atoms with Gasteiger partial charge in [-0.25, -0.2) is 17.5 Å². The number of benzene rings is 1. The fourth-order valence-electron chi connectivity index (χ4n) is 2.05. The van der Waals surface area contributed by atoms with Crippen LogP contribution in [0.2, 0.25) is 0 Å². The van der Waals surface area contributed by atoms with Crippen LogP contribution in [0.25, 0.3) is 6.08 Å². The smallest absolute Gasteiger partial charge is 0.331 e. The second kappa shape index (κ2) is 8.94. The maximum absolute atomic E-state index is 12.4. The molecular formula is C18H19NO6S2. The predicted molar refractivity (Wildman–Crippen MR) is 103 cm³/mol. The van der Waals surface area contributed by atoms with Gasteiger partial charge in [0.05, 0.1) is 12.0 Å². The molecule has 1 aromatic carbocycles. The Balaban J connectivity index is 2.10. The molecule has 7 nitrogen and oxygen atoms in total. The van der Waals surface area contributed by atoms with E-state index in [4.69, 9.17) is 9.47 Å². The van der Waals surface area contributed by atoms with Crippen LogP contribution in [0.1, 0.15) is 15.2 Å². The number of sulfonamides is 1. The van der Waals surface area contributed by atoms with Crippen molar-refractivity contribution in [3.63, 3.8) is 0 Å². The quantitative estimate of drug-likeness (QED) is 0.378. The first-order chi connectivity index (χ1) is 12.8. The number of hydrogen-bond donors (Lipinski definition) is 0. The number of esters is 1. The first-order valence-electron chi connectivity index (χ1n) is 7.78. The van der Waals surface area contributed by atoms with Crippen LogP contribution < -0.4 is 4.74 Å².